The van der Waals surface area contributed by atoms with Crippen molar-refractivity contribution in [2.45, 2.75) is 13.8 Å². The van der Waals surface area contributed by atoms with Crippen LogP contribution in [0.4, 0.5) is 5.13 Å². The van der Waals surface area contributed by atoms with Gasteiger partial charge in [-0.15, -0.1) is 0 Å². The molecule has 0 amide bonds. The standard InChI is InChI=1S/C13H18N2O2S/c1-8-7-9(2)12-10(11(8)17-4)15-13(18-12)14-5-6-16-3/h7H,5-6H2,1-4H3,(H,14,15). The van der Waals surface area contributed by atoms with Crippen molar-refractivity contribution in [1.29, 1.82) is 0 Å². The van der Waals surface area contributed by atoms with Gasteiger partial charge in [0.2, 0.25) is 0 Å². The van der Waals surface area contributed by atoms with Crippen molar-refractivity contribution in [2.75, 3.05) is 32.7 Å². The predicted molar refractivity (Wildman–Crippen MR) is 76.0 cm³/mol. The Balaban J connectivity index is 2.40. The Morgan fingerprint density at radius 1 is 1.28 bits per heavy atom. The summed E-state index contributed by atoms with van der Waals surface area (Å²) in [5.74, 6) is 0.867. The second-order valence-corrected chi connectivity index (χ2v) is 5.16. The molecule has 0 aliphatic rings. The number of fused-ring (bicyclic) bond motifs is 1. The lowest BCUT2D eigenvalue weighted by Crippen LogP contribution is -2.06. The van der Waals surface area contributed by atoms with Gasteiger partial charge in [-0.3, -0.25) is 0 Å². The number of rotatable bonds is 5. The minimum absolute atomic E-state index is 0.672. The number of aromatic nitrogens is 1. The van der Waals surface area contributed by atoms with Gasteiger partial charge in [0, 0.05) is 13.7 Å². The second-order valence-electron chi connectivity index (χ2n) is 4.16. The topological polar surface area (TPSA) is 43.4 Å². The monoisotopic (exact) mass is 266 g/mol. The van der Waals surface area contributed by atoms with E-state index in [1.807, 2.05) is 6.92 Å². The fourth-order valence-corrected chi connectivity index (χ4v) is 2.94. The molecule has 2 rings (SSSR count). The lowest BCUT2D eigenvalue weighted by Gasteiger charge is -2.06. The summed E-state index contributed by atoms with van der Waals surface area (Å²) in [5, 5.41) is 4.17. The first-order valence-electron chi connectivity index (χ1n) is 5.85. The minimum atomic E-state index is 0.672. The van der Waals surface area contributed by atoms with Crippen LogP contribution >= 0.6 is 11.3 Å². The maximum atomic E-state index is 5.44. The SMILES string of the molecule is COCCNc1nc2c(OC)c(C)cc(C)c2s1. The number of methoxy groups -OCH3 is 2. The number of hydrogen-bond acceptors (Lipinski definition) is 5. The van der Waals surface area contributed by atoms with Crippen molar-refractivity contribution in [3.8, 4) is 5.75 Å². The Bertz CT molecular complexity index is 551. The molecule has 0 atom stereocenters. The normalized spacial score (nSPS) is 10.9. The first-order valence-corrected chi connectivity index (χ1v) is 6.66. The van der Waals surface area contributed by atoms with Crippen LogP contribution in [0.2, 0.25) is 0 Å². The predicted octanol–water partition coefficient (Wildman–Crippen LogP) is 2.98. The van der Waals surface area contributed by atoms with Crippen LogP contribution in [0, 0.1) is 13.8 Å². The van der Waals surface area contributed by atoms with Gasteiger partial charge in [0.15, 0.2) is 5.13 Å². The Morgan fingerprint density at radius 3 is 2.72 bits per heavy atom. The van der Waals surface area contributed by atoms with Crippen LogP contribution in [0.15, 0.2) is 6.07 Å². The number of aryl methyl sites for hydroxylation is 2. The summed E-state index contributed by atoms with van der Waals surface area (Å²) in [6, 6.07) is 2.14. The van der Waals surface area contributed by atoms with Crippen molar-refractivity contribution in [3.05, 3.63) is 17.2 Å². The Labute approximate surface area is 111 Å². The van der Waals surface area contributed by atoms with E-state index in [-0.39, 0.29) is 0 Å². The zero-order valence-electron chi connectivity index (χ0n) is 11.2. The molecular weight excluding hydrogens is 248 g/mol. The lowest BCUT2D eigenvalue weighted by molar-refractivity contribution is 0.211. The molecule has 4 nitrogen and oxygen atoms in total. The van der Waals surface area contributed by atoms with E-state index in [2.05, 4.69) is 23.3 Å². The zero-order valence-corrected chi connectivity index (χ0v) is 12.0. The molecule has 0 aliphatic carbocycles. The van der Waals surface area contributed by atoms with Crippen LogP contribution in [0.1, 0.15) is 11.1 Å². The molecule has 0 unspecified atom stereocenters. The highest BCUT2D eigenvalue weighted by Gasteiger charge is 2.13. The molecule has 1 aromatic heterocycles. The van der Waals surface area contributed by atoms with Gasteiger partial charge in [-0.1, -0.05) is 17.4 Å². The molecule has 0 radical (unpaired) electrons. The van der Waals surface area contributed by atoms with Gasteiger partial charge in [0.05, 0.1) is 18.4 Å². The van der Waals surface area contributed by atoms with Crippen LogP contribution in [-0.2, 0) is 4.74 Å². The lowest BCUT2D eigenvalue weighted by atomic mass is 10.1. The first kappa shape index (κ1) is 13.1. The van der Waals surface area contributed by atoms with Crippen LogP contribution in [0.3, 0.4) is 0 Å². The molecule has 0 saturated carbocycles. The van der Waals surface area contributed by atoms with E-state index in [4.69, 9.17) is 9.47 Å². The van der Waals surface area contributed by atoms with E-state index in [1.165, 1.54) is 10.3 Å². The van der Waals surface area contributed by atoms with Crippen LogP contribution in [0.25, 0.3) is 10.2 Å². The average Bonchev–Trinajstić information content (AvgIpc) is 2.74. The first-order chi connectivity index (χ1) is 8.67. The van der Waals surface area contributed by atoms with Crippen molar-refractivity contribution < 1.29 is 9.47 Å². The third-order valence-electron chi connectivity index (χ3n) is 2.78. The number of anilines is 1. The molecule has 1 heterocycles. The average molecular weight is 266 g/mol. The second kappa shape index (κ2) is 5.54. The maximum Gasteiger partial charge on any atom is 0.184 e. The highest BCUT2D eigenvalue weighted by molar-refractivity contribution is 7.22. The molecule has 18 heavy (non-hydrogen) atoms. The number of nitrogens with one attached hydrogen (secondary N) is 1. The molecule has 98 valence electrons. The molecule has 1 N–H and O–H groups in total. The maximum absolute atomic E-state index is 5.44. The Hall–Kier alpha value is -1.33. The third kappa shape index (κ3) is 2.42. The van der Waals surface area contributed by atoms with Gasteiger partial charge in [-0.2, -0.15) is 0 Å². The number of hydrogen-bond donors (Lipinski definition) is 1. The largest absolute Gasteiger partial charge is 0.494 e. The Kier molecular flexibility index (Phi) is 4.04. The molecule has 5 heteroatoms. The molecule has 1 aromatic carbocycles. The van der Waals surface area contributed by atoms with Crippen molar-refractivity contribution in [1.82, 2.24) is 4.98 Å². The fraction of sp³-hybridized carbons (Fsp3) is 0.462. The Morgan fingerprint density at radius 2 is 2.06 bits per heavy atom. The molecular formula is C13H18N2O2S. The molecule has 2 aromatic rings. The van der Waals surface area contributed by atoms with Gasteiger partial charge in [0.1, 0.15) is 11.3 Å². The molecule has 0 bridgehead atoms. The van der Waals surface area contributed by atoms with Crippen LogP contribution in [0.5, 0.6) is 5.75 Å². The number of nitrogens with zero attached hydrogens (tertiary/aromatic N) is 1. The molecule has 0 spiro atoms. The van der Waals surface area contributed by atoms with E-state index in [0.29, 0.717) is 6.61 Å². The van der Waals surface area contributed by atoms with E-state index in [0.717, 1.165) is 28.5 Å². The van der Waals surface area contributed by atoms with Gasteiger partial charge >= 0.3 is 0 Å². The van der Waals surface area contributed by atoms with Gasteiger partial charge in [-0.05, 0) is 25.0 Å². The summed E-state index contributed by atoms with van der Waals surface area (Å²) in [7, 11) is 3.38. The van der Waals surface area contributed by atoms with Gasteiger partial charge in [0.25, 0.3) is 0 Å². The van der Waals surface area contributed by atoms with Crippen LogP contribution < -0.4 is 10.1 Å². The quantitative estimate of drug-likeness (QED) is 0.845. The number of ether oxygens (including phenoxy) is 2. The summed E-state index contributed by atoms with van der Waals surface area (Å²) >= 11 is 1.65. The van der Waals surface area contributed by atoms with Gasteiger partial charge < -0.3 is 14.8 Å². The van der Waals surface area contributed by atoms with Crippen molar-refractivity contribution in [2.24, 2.45) is 0 Å². The zero-order chi connectivity index (χ0) is 13.1. The number of benzene rings is 1. The summed E-state index contributed by atoms with van der Waals surface area (Å²) < 4.78 is 11.6. The highest BCUT2D eigenvalue weighted by Crippen LogP contribution is 2.36. The van der Waals surface area contributed by atoms with E-state index in [9.17, 15) is 0 Å². The fourth-order valence-electron chi connectivity index (χ4n) is 1.98. The summed E-state index contributed by atoms with van der Waals surface area (Å²) in [4.78, 5) is 4.60. The van der Waals surface area contributed by atoms with Gasteiger partial charge in [-0.25, -0.2) is 4.98 Å². The molecule has 0 saturated heterocycles. The summed E-state index contributed by atoms with van der Waals surface area (Å²) in [6.45, 7) is 5.58. The third-order valence-corrected chi connectivity index (χ3v) is 3.93. The smallest absolute Gasteiger partial charge is 0.184 e. The van der Waals surface area contributed by atoms with E-state index < -0.39 is 0 Å². The van der Waals surface area contributed by atoms with Crippen molar-refractivity contribution >= 4 is 26.7 Å². The number of thiazole rings is 1. The highest BCUT2D eigenvalue weighted by atomic mass is 32.1. The summed E-state index contributed by atoms with van der Waals surface area (Å²) in [5.41, 5.74) is 3.30. The molecule has 0 aliphatic heterocycles. The van der Waals surface area contributed by atoms with E-state index >= 15 is 0 Å². The van der Waals surface area contributed by atoms with Crippen LogP contribution in [-0.4, -0.2) is 32.4 Å². The van der Waals surface area contributed by atoms with E-state index in [1.54, 1.807) is 25.6 Å². The minimum Gasteiger partial charge on any atom is -0.494 e. The molecule has 0 fully saturated rings. The summed E-state index contributed by atoms with van der Waals surface area (Å²) in [6.07, 6.45) is 0. The van der Waals surface area contributed by atoms with Crippen molar-refractivity contribution in [3.63, 3.8) is 0 Å².